The lowest BCUT2D eigenvalue weighted by molar-refractivity contribution is 0.590. The molecule has 0 spiro atoms. The fourth-order valence-corrected chi connectivity index (χ4v) is 12.5. The van der Waals surface area contributed by atoms with E-state index in [2.05, 4.69) is 253 Å². The van der Waals surface area contributed by atoms with Gasteiger partial charge in [0.2, 0.25) is 5.95 Å². The highest BCUT2D eigenvalue weighted by Crippen LogP contribution is 2.51. The Morgan fingerprint density at radius 3 is 1.25 bits per heavy atom. The maximum Gasteiger partial charge on any atom is 0.238 e. The standard InChI is InChI=1S/C72H54N8/c1-71(2,3)45-35-38-59-53(41-45)54-42-46(72(4,5)6)36-39-60(54)80(59)70-75-68(44-23-11-8-12-24-44)74-69(76-70)55-43-47(73-7)37-40-61(55)79-58-34-22-19-31-52(58)64-66-62(50-29-17-20-32-56(50)77(66)48-25-13-9-14-26-48)65-63(67(64)79)51-30-18-21-33-57(51)78(65)49-27-15-10-16-28-49/h8-43H,1-6H3. The van der Waals surface area contributed by atoms with Crippen molar-refractivity contribution in [3.63, 3.8) is 0 Å². The first-order chi connectivity index (χ1) is 38.9. The van der Waals surface area contributed by atoms with Crippen LogP contribution in [0, 0.1) is 6.57 Å². The Morgan fingerprint density at radius 2 is 0.775 bits per heavy atom. The molecular weight excluding hydrogens is 977 g/mol. The highest BCUT2D eigenvalue weighted by molar-refractivity contribution is 6.40. The molecule has 0 unspecified atom stereocenters. The van der Waals surface area contributed by atoms with E-state index in [1.807, 2.05) is 30.3 Å². The van der Waals surface area contributed by atoms with Gasteiger partial charge in [0.05, 0.1) is 56.4 Å². The minimum atomic E-state index is -0.0753. The second kappa shape index (κ2) is 17.5. The quantitative estimate of drug-likeness (QED) is 0.156. The summed E-state index contributed by atoms with van der Waals surface area (Å²) in [4.78, 5) is 20.6. The van der Waals surface area contributed by atoms with E-state index >= 15 is 0 Å². The van der Waals surface area contributed by atoms with Crippen molar-refractivity contribution in [2.24, 2.45) is 0 Å². The summed E-state index contributed by atoms with van der Waals surface area (Å²) in [5.74, 6) is 1.47. The fraction of sp³-hybridized carbons (Fsp3) is 0.111. The van der Waals surface area contributed by atoms with Crippen molar-refractivity contribution in [2.45, 2.75) is 52.4 Å². The fourth-order valence-electron chi connectivity index (χ4n) is 12.5. The Hall–Kier alpha value is -10.1. The number of para-hydroxylation sites is 5. The molecule has 8 heteroatoms. The summed E-state index contributed by atoms with van der Waals surface area (Å²) in [6.07, 6.45) is 0. The molecule has 5 heterocycles. The molecule has 0 aliphatic heterocycles. The number of hydrogen-bond acceptors (Lipinski definition) is 3. The van der Waals surface area contributed by atoms with E-state index in [-0.39, 0.29) is 10.8 Å². The summed E-state index contributed by atoms with van der Waals surface area (Å²) >= 11 is 0. The predicted octanol–water partition coefficient (Wildman–Crippen LogP) is 18.7. The van der Waals surface area contributed by atoms with E-state index in [4.69, 9.17) is 21.5 Å². The number of nitrogens with zero attached hydrogens (tertiary/aromatic N) is 8. The van der Waals surface area contributed by atoms with Crippen LogP contribution in [0.3, 0.4) is 0 Å². The third-order valence-corrected chi connectivity index (χ3v) is 16.3. The first kappa shape index (κ1) is 47.1. The van der Waals surface area contributed by atoms with Crippen LogP contribution >= 0.6 is 0 Å². The Bertz CT molecular complexity index is 4930. The summed E-state index contributed by atoms with van der Waals surface area (Å²) < 4.78 is 9.56. The van der Waals surface area contributed by atoms with Gasteiger partial charge < -0.3 is 13.7 Å². The Morgan fingerprint density at radius 1 is 0.362 bits per heavy atom. The summed E-state index contributed by atoms with van der Waals surface area (Å²) in [5, 5.41) is 9.08. The van der Waals surface area contributed by atoms with Gasteiger partial charge in [-0.05, 0) is 101 Å². The van der Waals surface area contributed by atoms with Gasteiger partial charge in [-0.15, -0.1) is 0 Å². The first-order valence-corrected chi connectivity index (χ1v) is 27.4. The lowest BCUT2D eigenvalue weighted by Crippen LogP contribution is -2.11. The van der Waals surface area contributed by atoms with Crippen LogP contribution in [0.2, 0.25) is 0 Å². The third-order valence-electron chi connectivity index (χ3n) is 16.3. The van der Waals surface area contributed by atoms with Crippen molar-refractivity contribution in [3.8, 4) is 45.8 Å². The molecule has 10 aromatic carbocycles. The molecule has 0 aliphatic carbocycles. The molecule has 0 radical (unpaired) electrons. The Balaban J connectivity index is 1.12. The summed E-state index contributed by atoms with van der Waals surface area (Å²) in [5.41, 5.74) is 15.9. The lowest BCUT2D eigenvalue weighted by Gasteiger charge is -2.19. The maximum absolute atomic E-state index is 8.53. The number of hydrogen-bond donors (Lipinski definition) is 0. The third kappa shape index (κ3) is 7.03. The molecule has 8 nitrogen and oxygen atoms in total. The second-order valence-electron chi connectivity index (χ2n) is 23.2. The SMILES string of the molecule is [C-]#[N+]c1ccc(-n2c3ccccc3c3c4c(c5ccccc5n4-c4ccccc4)c4c(c5ccccc5n4-c4ccccc4)c32)c(-c2nc(-c3ccccc3)nc(-n3c4ccc(C(C)(C)C)cc4c4cc(C(C)(C)C)ccc43)n2)c1. The van der Waals surface area contributed by atoms with Crippen molar-refractivity contribution >= 4 is 92.9 Å². The van der Waals surface area contributed by atoms with E-state index in [0.717, 1.165) is 104 Å². The van der Waals surface area contributed by atoms with Crippen LogP contribution in [0.1, 0.15) is 52.7 Å². The highest BCUT2D eigenvalue weighted by Gasteiger charge is 2.31. The van der Waals surface area contributed by atoms with Crippen LogP contribution in [0.15, 0.2) is 218 Å². The number of rotatable bonds is 6. The van der Waals surface area contributed by atoms with Gasteiger partial charge in [0.1, 0.15) is 0 Å². The van der Waals surface area contributed by atoms with Gasteiger partial charge in [-0.1, -0.05) is 181 Å². The van der Waals surface area contributed by atoms with Gasteiger partial charge >= 0.3 is 0 Å². The van der Waals surface area contributed by atoms with Gasteiger partial charge in [0.25, 0.3) is 0 Å². The molecule has 0 atom stereocenters. The van der Waals surface area contributed by atoms with E-state index < -0.39 is 0 Å². The molecule has 0 N–H and O–H groups in total. The molecule has 0 aliphatic rings. The van der Waals surface area contributed by atoms with Gasteiger partial charge in [0.15, 0.2) is 17.3 Å². The average molecular weight is 1030 g/mol. The van der Waals surface area contributed by atoms with Crippen LogP contribution < -0.4 is 0 Å². The molecule has 0 saturated heterocycles. The summed E-state index contributed by atoms with van der Waals surface area (Å²) in [7, 11) is 0. The minimum Gasteiger partial charge on any atom is -0.308 e. The molecule has 0 amide bonds. The van der Waals surface area contributed by atoms with Crippen LogP contribution in [0.25, 0.3) is 138 Å². The largest absolute Gasteiger partial charge is 0.308 e. The molecule has 0 saturated carbocycles. The molecule has 0 bridgehead atoms. The molecule has 15 rings (SSSR count). The zero-order valence-electron chi connectivity index (χ0n) is 45.4. The van der Waals surface area contributed by atoms with Crippen LogP contribution in [-0.4, -0.2) is 33.2 Å². The second-order valence-corrected chi connectivity index (χ2v) is 23.2. The first-order valence-electron chi connectivity index (χ1n) is 27.4. The van der Waals surface area contributed by atoms with Crippen LogP contribution in [-0.2, 0) is 10.8 Å². The molecule has 80 heavy (non-hydrogen) atoms. The Kier molecular flexibility index (Phi) is 10.3. The summed E-state index contributed by atoms with van der Waals surface area (Å²) in [6, 6.07) is 77.8. The number of fused-ring (bicyclic) bond motifs is 15. The summed E-state index contributed by atoms with van der Waals surface area (Å²) in [6.45, 7) is 22.1. The lowest BCUT2D eigenvalue weighted by atomic mass is 9.85. The van der Waals surface area contributed by atoms with Gasteiger partial charge in [0, 0.05) is 65.6 Å². The van der Waals surface area contributed by atoms with Crippen molar-refractivity contribution in [1.82, 2.24) is 33.2 Å². The zero-order valence-corrected chi connectivity index (χ0v) is 45.4. The molecule has 382 valence electrons. The molecule has 15 aromatic rings. The smallest absolute Gasteiger partial charge is 0.238 e. The van der Waals surface area contributed by atoms with Crippen LogP contribution in [0.5, 0.6) is 0 Å². The van der Waals surface area contributed by atoms with E-state index in [1.165, 1.54) is 16.5 Å². The average Bonchev–Trinajstić information content (AvgIpc) is 4.38. The molecule has 0 fully saturated rings. The minimum absolute atomic E-state index is 0.0753. The van der Waals surface area contributed by atoms with Crippen molar-refractivity contribution in [3.05, 3.63) is 241 Å². The Labute approximate surface area is 462 Å². The monoisotopic (exact) mass is 1030 g/mol. The van der Waals surface area contributed by atoms with Gasteiger partial charge in [-0.2, -0.15) is 9.97 Å². The number of aromatic nitrogens is 7. The maximum atomic E-state index is 8.53. The zero-order chi connectivity index (χ0) is 54.2. The van der Waals surface area contributed by atoms with Crippen molar-refractivity contribution < 1.29 is 0 Å². The number of benzene rings is 10. The predicted molar refractivity (Wildman–Crippen MR) is 332 cm³/mol. The van der Waals surface area contributed by atoms with Gasteiger partial charge in [-0.25, -0.2) is 9.83 Å². The normalized spacial score (nSPS) is 12.4. The molecule has 5 aromatic heterocycles. The van der Waals surface area contributed by atoms with E-state index in [0.29, 0.717) is 28.8 Å². The van der Waals surface area contributed by atoms with E-state index in [1.54, 1.807) is 0 Å². The van der Waals surface area contributed by atoms with Crippen molar-refractivity contribution in [2.75, 3.05) is 0 Å². The van der Waals surface area contributed by atoms with Crippen molar-refractivity contribution in [1.29, 1.82) is 0 Å². The van der Waals surface area contributed by atoms with Crippen LogP contribution in [0.4, 0.5) is 5.69 Å². The topological polar surface area (TPSA) is 62.8 Å². The van der Waals surface area contributed by atoms with E-state index in [9.17, 15) is 0 Å². The van der Waals surface area contributed by atoms with Gasteiger partial charge in [-0.3, -0.25) is 4.57 Å². The molecular formula is C72H54N8. The highest BCUT2D eigenvalue weighted by atomic mass is 15.2.